The van der Waals surface area contributed by atoms with E-state index in [-0.39, 0.29) is 18.5 Å². The first kappa shape index (κ1) is 22.8. The minimum absolute atomic E-state index is 0.106. The minimum atomic E-state index is -4.42. The molecule has 0 aliphatic carbocycles. The zero-order chi connectivity index (χ0) is 22.8. The molecule has 6 nitrogen and oxygen atoms in total. The number of aromatic amines is 1. The number of nitrogens with zero attached hydrogens (tertiary/aromatic N) is 3. The van der Waals surface area contributed by atoms with Crippen LogP contribution in [0, 0.1) is 18.3 Å². The number of rotatable bonds is 6. The van der Waals surface area contributed by atoms with Gasteiger partial charge < -0.3 is 15.2 Å². The van der Waals surface area contributed by atoms with E-state index in [1.165, 1.54) is 6.07 Å². The number of hydrogen-bond donors (Lipinski definition) is 2. The summed E-state index contributed by atoms with van der Waals surface area (Å²) in [6.45, 7) is 6.39. The Hall–Kier alpha value is -2.86. The number of carbonyl (C=O) groups is 1. The molecule has 1 aliphatic rings. The summed E-state index contributed by atoms with van der Waals surface area (Å²) in [5.74, 6) is 0.264. The monoisotopic (exact) mass is 433 g/mol. The van der Waals surface area contributed by atoms with E-state index in [0.29, 0.717) is 36.5 Å². The van der Waals surface area contributed by atoms with Gasteiger partial charge in [-0.3, -0.25) is 4.79 Å². The van der Waals surface area contributed by atoms with Gasteiger partial charge in [0.25, 0.3) is 0 Å². The zero-order valence-corrected chi connectivity index (χ0v) is 17.8. The fourth-order valence-corrected chi connectivity index (χ4v) is 3.75. The molecule has 2 aromatic rings. The minimum Gasteiger partial charge on any atom is -0.342 e. The predicted molar refractivity (Wildman–Crippen MR) is 110 cm³/mol. The Morgan fingerprint density at radius 3 is 2.81 bits per heavy atom. The third-order valence-corrected chi connectivity index (χ3v) is 5.50. The van der Waals surface area contributed by atoms with Gasteiger partial charge in [0.15, 0.2) is 0 Å². The van der Waals surface area contributed by atoms with Crippen molar-refractivity contribution in [1.29, 1.82) is 5.26 Å². The fraction of sp³-hybridized carbons (Fsp3) is 0.500. The Balaban J connectivity index is 1.68. The molecule has 1 amide bonds. The summed E-state index contributed by atoms with van der Waals surface area (Å²) in [7, 11) is 0. The summed E-state index contributed by atoms with van der Waals surface area (Å²) in [4.78, 5) is 21.7. The number of likely N-dealkylation sites (tertiary alicyclic amines) is 1. The maximum Gasteiger partial charge on any atom is 0.416 e. The largest absolute Gasteiger partial charge is 0.416 e. The lowest BCUT2D eigenvalue weighted by Crippen LogP contribution is -2.48. The summed E-state index contributed by atoms with van der Waals surface area (Å²) >= 11 is 0. The van der Waals surface area contributed by atoms with Crippen LogP contribution in [0.15, 0.2) is 24.3 Å². The van der Waals surface area contributed by atoms with E-state index in [9.17, 15) is 18.0 Å². The van der Waals surface area contributed by atoms with Crippen molar-refractivity contribution in [3.8, 4) is 17.5 Å². The Labute approximate surface area is 179 Å². The number of H-pyrrole nitrogens is 1. The normalized spacial score (nSPS) is 17.1. The molecule has 9 heteroatoms. The number of nitrogens with one attached hydrogen (secondary N) is 2. The van der Waals surface area contributed by atoms with Gasteiger partial charge in [-0.2, -0.15) is 18.4 Å². The summed E-state index contributed by atoms with van der Waals surface area (Å²) in [6, 6.07) is 6.85. The molecule has 1 aromatic carbocycles. The molecule has 1 atom stereocenters. The number of hydrogen-bond acceptors (Lipinski definition) is 4. The third-order valence-electron chi connectivity index (χ3n) is 5.50. The lowest BCUT2D eigenvalue weighted by molar-refractivity contribution is -0.137. The van der Waals surface area contributed by atoms with Crippen molar-refractivity contribution >= 4 is 5.91 Å². The van der Waals surface area contributed by atoms with Gasteiger partial charge in [-0.1, -0.05) is 12.1 Å². The highest BCUT2D eigenvalue weighted by Crippen LogP contribution is 2.32. The van der Waals surface area contributed by atoms with Crippen LogP contribution in [0.3, 0.4) is 0 Å². The van der Waals surface area contributed by atoms with Gasteiger partial charge in [-0.25, -0.2) is 4.98 Å². The molecule has 166 valence electrons. The van der Waals surface area contributed by atoms with E-state index in [1.807, 2.05) is 20.8 Å². The van der Waals surface area contributed by atoms with E-state index in [2.05, 4.69) is 21.4 Å². The van der Waals surface area contributed by atoms with Crippen molar-refractivity contribution in [1.82, 2.24) is 20.2 Å². The van der Waals surface area contributed by atoms with Crippen molar-refractivity contribution in [2.75, 3.05) is 13.1 Å². The average Bonchev–Trinajstić information content (AvgIpc) is 3.32. The topological polar surface area (TPSA) is 84.8 Å². The smallest absolute Gasteiger partial charge is 0.342 e. The number of halogens is 3. The van der Waals surface area contributed by atoms with E-state index in [0.717, 1.165) is 24.2 Å². The highest BCUT2D eigenvalue weighted by molar-refractivity contribution is 5.79. The van der Waals surface area contributed by atoms with Gasteiger partial charge in [0, 0.05) is 29.8 Å². The molecular formula is C22H26F3N5O. The van der Waals surface area contributed by atoms with E-state index in [4.69, 9.17) is 5.26 Å². The first-order valence-electron chi connectivity index (χ1n) is 10.2. The van der Waals surface area contributed by atoms with Crippen molar-refractivity contribution < 1.29 is 18.0 Å². The van der Waals surface area contributed by atoms with Crippen LogP contribution in [0.5, 0.6) is 0 Å². The molecule has 31 heavy (non-hydrogen) atoms. The van der Waals surface area contributed by atoms with Gasteiger partial charge in [-0.15, -0.1) is 0 Å². The van der Waals surface area contributed by atoms with Crippen LogP contribution >= 0.6 is 0 Å². The van der Waals surface area contributed by atoms with Gasteiger partial charge in [0.2, 0.25) is 5.91 Å². The van der Waals surface area contributed by atoms with Crippen molar-refractivity contribution in [3.63, 3.8) is 0 Å². The Kier molecular flexibility index (Phi) is 6.41. The number of carbonyl (C=O) groups excluding carboxylic acids is 1. The van der Waals surface area contributed by atoms with Crippen LogP contribution in [-0.4, -0.2) is 45.4 Å². The second kappa shape index (κ2) is 8.71. The molecule has 0 spiro atoms. The average molecular weight is 433 g/mol. The lowest BCUT2D eigenvalue weighted by Gasteiger charge is -2.28. The number of benzene rings is 1. The molecule has 2 N–H and O–H groups in total. The molecule has 3 rings (SSSR count). The highest BCUT2D eigenvalue weighted by Gasteiger charge is 2.31. The second-order valence-electron chi connectivity index (χ2n) is 8.52. The van der Waals surface area contributed by atoms with E-state index >= 15 is 0 Å². The number of alkyl halides is 3. The molecule has 1 aliphatic heterocycles. The first-order valence-corrected chi connectivity index (χ1v) is 10.2. The molecule has 1 unspecified atom stereocenters. The lowest BCUT2D eigenvalue weighted by atomic mass is 9.97. The molecule has 1 aromatic heterocycles. The number of nitriles is 1. The van der Waals surface area contributed by atoms with Crippen molar-refractivity contribution in [3.05, 3.63) is 41.2 Å². The maximum atomic E-state index is 13.0. The molecule has 0 bridgehead atoms. The Morgan fingerprint density at radius 1 is 1.39 bits per heavy atom. The Morgan fingerprint density at radius 2 is 2.13 bits per heavy atom. The van der Waals surface area contributed by atoms with Crippen LogP contribution < -0.4 is 5.32 Å². The van der Waals surface area contributed by atoms with Gasteiger partial charge in [-0.05, 0) is 45.7 Å². The molecule has 2 heterocycles. The van der Waals surface area contributed by atoms with Crippen molar-refractivity contribution in [2.45, 2.75) is 57.8 Å². The number of amides is 1. The number of imidazole rings is 1. The van der Waals surface area contributed by atoms with Crippen LogP contribution in [0.4, 0.5) is 13.2 Å². The third kappa shape index (κ3) is 5.44. The molecular weight excluding hydrogens is 407 g/mol. The molecule has 0 radical (unpaired) electrons. The maximum absolute atomic E-state index is 13.0. The summed E-state index contributed by atoms with van der Waals surface area (Å²) in [5, 5.41) is 12.4. The van der Waals surface area contributed by atoms with Crippen LogP contribution in [0.25, 0.3) is 11.4 Å². The van der Waals surface area contributed by atoms with Gasteiger partial charge in [0.05, 0.1) is 23.9 Å². The zero-order valence-electron chi connectivity index (χ0n) is 17.8. The van der Waals surface area contributed by atoms with E-state index < -0.39 is 17.3 Å². The highest BCUT2D eigenvalue weighted by atomic mass is 19.4. The van der Waals surface area contributed by atoms with Crippen LogP contribution in [0.1, 0.15) is 43.6 Å². The summed E-state index contributed by atoms with van der Waals surface area (Å²) < 4.78 is 39.0. The molecule has 0 saturated carbocycles. The SMILES string of the molecule is Cc1[nH]c(-c2cccc(C(F)(F)F)c2)nc1CC(C)(C)NCC(=O)N1CCCC1C#N. The second-order valence-corrected chi connectivity index (χ2v) is 8.52. The molecule has 1 saturated heterocycles. The predicted octanol–water partition coefficient (Wildman–Crippen LogP) is 3.83. The van der Waals surface area contributed by atoms with Crippen LogP contribution in [0.2, 0.25) is 0 Å². The van der Waals surface area contributed by atoms with E-state index in [1.54, 1.807) is 11.0 Å². The van der Waals surface area contributed by atoms with Crippen LogP contribution in [-0.2, 0) is 17.4 Å². The summed E-state index contributed by atoms with van der Waals surface area (Å²) in [6.07, 6.45) is -2.41. The standard InChI is InChI=1S/C22H26F3N5O/c1-14-18(29-20(28-14)15-6-4-7-16(10-15)22(23,24)25)11-21(2,3)27-13-19(31)30-9-5-8-17(30)12-26/h4,6-7,10,17,27H,5,8-9,11,13H2,1-3H3,(H,28,29). The quantitative estimate of drug-likeness (QED) is 0.725. The summed E-state index contributed by atoms with van der Waals surface area (Å²) in [5.41, 5.74) is 0.634. The number of aromatic nitrogens is 2. The molecule has 1 fully saturated rings. The van der Waals surface area contributed by atoms with Gasteiger partial charge in [0.1, 0.15) is 11.9 Å². The Bertz CT molecular complexity index is 990. The first-order chi connectivity index (χ1) is 14.5. The fourth-order valence-electron chi connectivity index (χ4n) is 3.75. The van der Waals surface area contributed by atoms with Gasteiger partial charge >= 0.3 is 6.18 Å². The van der Waals surface area contributed by atoms with Crippen molar-refractivity contribution in [2.24, 2.45) is 0 Å². The number of aryl methyl sites for hydroxylation is 1.